The number of anilines is 1. The number of nitrogens with zero attached hydrogens (tertiary/aromatic N) is 2. The number of nitrogen functional groups attached to an aromatic ring is 1. The van der Waals surface area contributed by atoms with Crippen LogP contribution in [0.4, 0.5) is 5.82 Å². The highest BCUT2D eigenvalue weighted by molar-refractivity contribution is 5.46. The minimum absolute atomic E-state index is 0.390. The summed E-state index contributed by atoms with van der Waals surface area (Å²) in [5.74, 6) is 2.16. The molecule has 4 heteroatoms. The summed E-state index contributed by atoms with van der Waals surface area (Å²) in [5.41, 5.74) is 7.65. The molecule has 0 atom stereocenters. The standard InChI is InChI=1S/C14H17N3O/c1-9(2)11-6-4-5-7-12(11)18-14-10(3)13(15)16-8-17-14/h4-9H,1-3H3,(H2,15,16,17). The van der Waals surface area contributed by atoms with Crippen LogP contribution in [-0.2, 0) is 0 Å². The third-order valence-electron chi connectivity index (χ3n) is 2.82. The maximum atomic E-state index is 5.85. The first kappa shape index (κ1) is 12.4. The second-order valence-corrected chi connectivity index (χ2v) is 4.48. The monoisotopic (exact) mass is 243 g/mol. The Labute approximate surface area is 107 Å². The zero-order valence-corrected chi connectivity index (χ0v) is 10.8. The fraction of sp³-hybridized carbons (Fsp3) is 0.286. The van der Waals surface area contributed by atoms with Crippen molar-refractivity contribution in [3.05, 3.63) is 41.7 Å². The van der Waals surface area contributed by atoms with Gasteiger partial charge in [0.15, 0.2) is 0 Å². The van der Waals surface area contributed by atoms with Gasteiger partial charge in [-0.05, 0) is 24.5 Å². The summed E-state index contributed by atoms with van der Waals surface area (Å²) in [5, 5.41) is 0. The number of hydrogen-bond donors (Lipinski definition) is 1. The molecule has 18 heavy (non-hydrogen) atoms. The third kappa shape index (κ3) is 2.42. The zero-order chi connectivity index (χ0) is 13.1. The van der Waals surface area contributed by atoms with Gasteiger partial charge in [0, 0.05) is 0 Å². The van der Waals surface area contributed by atoms with Crippen molar-refractivity contribution in [3.8, 4) is 11.6 Å². The van der Waals surface area contributed by atoms with E-state index < -0.39 is 0 Å². The molecule has 0 aliphatic rings. The van der Waals surface area contributed by atoms with Crippen LogP contribution in [0.1, 0.15) is 30.9 Å². The number of aromatic nitrogens is 2. The predicted molar refractivity (Wildman–Crippen MR) is 71.8 cm³/mol. The van der Waals surface area contributed by atoms with Crippen LogP contribution < -0.4 is 10.5 Å². The van der Waals surface area contributed by atoms with E-state index in [1.165, 1.54) is 6.33 Å². The van der Waals surface area contributed by atoms with E-state index in [0.717, 1.165) is 16.9 Å². The van der Waals surface area contributed by atoms with Gasteiger partial charge in [-0.25, -0.2) is 9.97 Å². The average molecular weight is 243 g/mol. The molecule has 0 saturated carbocycles. The molecule has 0 amide bonds. The van der Waals surface area contributed by atoms with Crippen LogP contribution in [-0.4, -0.2) is 9.97 Å². The van der Waals surface area contributed by atoms with Gasteiger partial charge in [-0.2, -0.15) is 0 Å². The number of para-hydroxylation sites is 1. The van der Waals surface area contributed by atoms with E-state index in [0.29, 0.717) is 17.6 Å². The first-order valence-corrected chi connectivity index (χ1v) is 5.93. The van der Waals surface area contributed by atoms with Crippen molar-refractivity contribution in [1.29, 1.82) is 0 Å². The molecule has 0 aliphatic carbocycles. The van der Waals surface area contributed by atoms with Gasteiger partial charge in [0.05, 0.1) is 5.56 Å². The SMILES string of the molecule is Cc1c(N)ncnc1Oc1ccccc1C(C)C. The molecular weight excluding hydrogens is 226 g/mol. The Kier molecular flexibility index (Phi) is 3.46. The summed E-state index contributed by atoms with van der Waals surface area (Å²) in [7, 11) is 0. The maximum absolute atomic E-state index is 5.85. The Bertz CT molecular complexity index is 552. The highest BCUT2D eigenvalue weighted by atomic mass is 16.5. The van der Waals surface area contributed by atoms with E-state index in [-0.39, 0.29) is 0 Å². The summed E-state index contributed by atoms with van der Waals surface area (Å²) >= 11 is 0. The molecule has 2 N–H and O–H groups in total. The molecule has 1 heterocycles. The van der Waals surface area contributed by atoms with Gasteiger partial charge in [0.2, 0.25) is 5.88 Å². The van der Waals surface area contributed by atoms with Gasteiger partial charge < -0.3 is 10.5 Å². The van der Waals surface area contributed by atoms with Crippen LogP contribution in [0.2, 0.25) is 0 Å². The smallest absolute Gasteiger partial charge is 0.227 e. The van der Waals surface area contributed by atoms with Crippen molar-refractivity contribution in [2.45, 2.75) is 26.7 Å². The van der Waals surface area contributed by atoms with Crippen LogP contribution in [0.25, 0.3) is 0 Å². The van der Waals surface area contributed by atoms with E-state index in [1.54, 1.807) is 0 Å². The quantitative estimate of drug-likeness (QED) is 0.898. The number of ether oxygens (including phenoxy) is 1. The summed E-state index contributed by atoms with van der Waals surface area (Å²) in [6, 6.07) is 7.94. The molecule has 0 aliphatic heterocycles. The van der Waals surface area contributed by atoms with Gasteiger partial charge in [-0.15, -0.1) is 0 Å². The topological polar surface area (TPSA) is 61.0 Å². The van der Waals surface area contributed by atoms with Crippen molar-refractivity contribution in [3.63, 3.8) is 0 Å². The Morgan fingerprint density at radius 2 is 1.89 bits per heavy atom. The van der Waals surface area contributed by atoms with Crippen LogP contribution >= 0.6 is 0 Å². The van der Waals surface area contributed by atoms with Gasteiger partial charge in [-0.3, -0.25) is 0 Å². The lowest BCUT2D eigenvalue weighted by Crippen LogP contribution is -2.00. The lowest BCUT2D eigenvalue weighted by molar-refractivity contribution is 0.449. The molecule has 2 aromatic rings. The van der Waals surface area contributed by atoms with Gasteiger partial charge in [-0.1, -0.05) is 32.0 Å². The molecule has 0 unspecified atom stereocenters. The largest absolute Gasteiger partial charge is 0.438 e. The lowest BCUT2D eigenvalue weighted by atomic mass is 10.0. The molecule has 0 spiro atoms. The normalized spacial score (nSPS) is 10.7. The summed E-state index contributed by atoms with van der Waals surface area (Å²) in [6.45, 7) is 6.11. The van der Waals surface area contributed by atoms with Crippen molar-refractivity contribution >= 4 is 5.82 Å². The van der Waals surface area contributed by atoms with Crippen LogP contribution in [0.5, 0.6) is 11.6 Å². The second kappa shape index (κ2) is 5.04. The van der Waals surface area contributed by atoms with E-state index in [9.17, 15) is 0 Å². The fourth-order valence-corrected chi connectivity index (χ4v) is 1.70. The molecule has 0 bridgehead atoms. The highest BCUT2D eigenvalue weighted by Gasteiger charge is 2.11. The Hall–Kier alpha value is -2.10. The second-order valence-electron chi connectivity index (χ2n) is 4.48. The molecule has 94 valence electrons. The molecule has 1 aromatic carbocycles. The molecule has 1 aromatic heterocycles. The predicted octanol–water partition coefficient (Wildman–Crippen LogP) is 3.28. The average Bonchev–Trinajstić information content (AvgIpc) is 2.35. The van der Waals surface area contributed by atoms with E-state index in [4.69, 9.17) is 10.5 Å². The van der Waals surface area contributed by atoms with Crippen molar-refractivity contribution in [2.24, 2.45) is 0 Å². The summed E-state index contributed by atoms with van der Waals surface area (Å²) in [6.07, 6.45) is 1.41. The van der Waals surface area contributed by atoms with Crippen LogP contribution in [0, 0.1) is 6.92 Å². The molecular formula is C14H17N3O. The van der Waals surface area contributed by atoms with E-state index >= 15 is 0 Å². The fourth-order valence-electron chi connectivity index (χ4n) is 1.70. The van der Waals surface area contributed by atoms with Gasteiger partial charge >= 0.3 is 0 Å². The minimum atomic E-state index is 0.390. The Morgan fingerprint density at radius 3 is 2.61 bits per heavy atom. The van der Waals surface area contributed by atoms with Crippen LogP contribution in [0.15, 0.2) is 30.6 Å². The summed E-state index contributed by atoms with van der Waals surface area (Å²) < 4.78 is 5.85. The van der Waals surface area contributed by atoms with Crippen molar-refractivity contribution in [1.82, 2.24) is 9.97 Å². The van der Waals surface area contributed by atoms with Gasteiger partial charge in [0.1, 0.15) is 17.9 Å². The van der Waals surface area contributed by atoms with E-state index in [2.05, 4.69) is 29.9 Å². The first-order chi connectivity index (χ1) is 8.59. The number of hydrogen-bond acceptors (Lipinski definition) is 4. The molecule has 0 radical (unpaired) electrons. The van der Waals surface area contributed by atoms with E-state index in [1.807, 2.05) is 25.1 Å². The third-order valence-corrected chi connectivity index (χ3v) is 2.82. The highest BCUT2D eigenvalue weighted by Crippen LogP contribution is 2.31. The molecule has 0 saturated heterocycles. The first-order valence-electron chi connectivity index (χ1n) is 5.93. The van der Waals surface area contributed by atoms with Crippen LogP contribution in [0.3, 0.4) is 0 Å². The number of nitrogens with two attached hydrogens (primary N) is 1. The molecule has 2 rings (SSSR count). The Morgan fingerprint density at radius 1 is 1.17 bits per heavy atom. The number of benzene rings is 1. The minimum Gasteiger partial charge on any atom is -0.438 e. The zero-order valence-electron chi connectivity index (χ0n) is 10.8. The summed E-state index contributed by atoms with van der Waals surface area (Å²) in [4.78, 5) is 8.05. The lowest BCUT2D eigenvalue weighted by Gasteiger charge is -2.14. The van der Waals surface area contributed by atoms with Crippen molar-refractivity contribution in [2.75, 3.05) is 5.73 Å². The molecule has 4 nitrogen and oxygen atoms in total. The Balaban J connectivity index is 2.37. The van der Waals surface area contributed by atoms with Gasteiger partial charge in [0.25, 0.3) is 0 Å². The molecule has 0 fully saturated rings. The van der Waals surface area contributed by atoms with Crippen molar-refractivity contribution < 1.29 is 4.74 Å². The maximum Gasteiger partial charge on any atom is 0.227 e. The number of rotatable bonds is 3.